The smallest absolute Gasteiger partial charge is 0.164 e. The Bertz CT molecular complexity index is 1500. The number of hydrogen-bond donors (Lipinski definition) is 0. The summed E-state index contributed by atoms with van der Waals surface area (Å²) in [5.74, 6) is 2.19. The number of rotatable bonds is 0. The number of benzene rings is 2. The molecule has 16 heteroatoms. The highest BCUT2D eigenvalue weighted by Gasteiger charge is 2.13. The lowest BCUT2D eigenvalue weighted by atomic mass is 10.1. The van der Waals surface area contributed by atoms with Gasteiger partial charge in [-0.15, -0.1) is 40.8 Å². The van der Waals surface area contributed by atoms with Crippen LogP contribution in [0.2, 0.25) is 0 Å². The normalized spacial score (nSPS) is 14.2. The highest BCUT2D eigenvalue weighted by molar-refractivity contribution is 5.66. The fraction of sp³-hybridized carbons (Fsp3) is 0.333. The Labute approximate surface area is 227 Å². The van der Waals surface area contributed by atoms with Gasteiger partial charge in [0.15, 0.2) is 0 Å². The van der Waals surface area contributed by atoms with Gasteiger partial charge in [-0.05, 0) is 58.7 Å². The zero-order chi connectivity index (χ0) is 26.7. The first-order chi connectivity index (χ1) is 19.8. The van der Waals surface area contributed by atoms with Gasteiger partial charge >= 0.3 is 0 Å². The lowest BCUT2D eigenvalue weighted by molar-refractivity contribution is 0.437. The van der Waals surface area contributed by atoms with Crippen LogP contribution in [0.1, 0.15) is 25.7 Å². The summed E-state index contributed by atoms with van der Waals surface area (Å²) in [7, 11) is 0. The van der Waals surface area contributed by atoms with Crippen molar-refractivity contribution in [3.63, 3.8) is 0 Å². The zero-order valence-corrected chi connectivity index (χ0v) is 21.4. The molecule has 0 N–H and O–H groups in total. The summed E-state index contributed by atoms with van der Waals surface area (Å²) in [6.07, 6.45) is 3.32. The first kappa shape index (κ1) is 23.8. The van der Waals surface area contributed by atoms with Crippen molar-refractivity contribution in [3.05, 3.63) is 48.5 Å². The van der Waals surface area contributed by atoms with Crippen LogP contribution < -0.4 is 0 Å². The molecule has 12 bridgehead atoms. The minimum atomic E-state index is 0.547. The van der Waals surface area contributed by atoms with Gasteiger partial charge in [0.2, 0.25) is 23.3 Å². The van der Waals surface area contributed by atoms with E-state index in [-0.39, 0.29) is 0 Å². The third kappa shape index (κ3) is 5.05. The zero-order valence-electron chi connectivity index (χ0n) is 21.4. The van der Waals surface area contributed by atoms with Crippen molar-refractivity contribution in [1.82, 2.24) is 80.8 Å². The van der Waals surface area contributed by atoms with Crippen LogP contribution in [0.4, 0.5) is 0 Å². The third-order valence-corrected chi connectivity index (χ3v) is 6.50. The van der Waals surface area contributed by atoms with E-state index in [1.807, 2.05) is 48.5 Å². The number of aryl methyl sites for hydroxylation is 4. The summed E-state index contributed by atoms with van der Waals surface area (Å²) in [5, 5.41) is 52.0. The predicted molar refractivity (Wildman–Crippen MR) is 139 cm³/mol. The molecular weight excluding hydrogens is 512 g/mol. The Morgan fingerprint density at radius 2 is 0.675 bits per heavy atom. The molecule has 7 rings (SSSR count). The molecule has 2 aromatic carbocycles. The molecular formula is C24H24N16. The summed E-state index contributed by atoms with van der Waals surface area (Å²) in [6.45, 7) is 2.50. The van der Waals surface area contributed by atoms with Crippen LogP contribution in [-0.2, 0) is 26.2 Å². The van der Waals surface area contributed by atoms with Gasteiger partial charge < -0.3 is 0 Å². The second-order valence-electron chi connectivity index (χ2n) is 9.41. The first-order valence-corrected chi connectivity index (χ1v) is 13.1. The van der Waals surface area contributed by atoms with Crippen molar-refractivity contribution in [2.45, 2.75) is 51.9 Å². The Morgan fingerprint density at radius 3 is 0.950 bits per heavy atom. The number of hydrogen-bond acceptors (Lipinski definition) is 12. The fourth-order valence-electron chi connectivity index (χ4n) is 4.42. The van der Waals surface area contributed by atoms with Gasteiger partial charge in [0.1, 0.15) is 0 Å². The molecule has 0 spiro atoms. The maximum atomic E-state index is 4.55. The average Bonchev–Trinajstić information content (AvgIpc) is 3.81. The van der Waals surface area contributed by atoms with Gasteiger partial charge in [0, 0.05) is 22.3 Å². The van der Waals surface area contributed by atoms with E-state index >= 15 is 0 Å². The second kappa shape index (κ2) is 10.5. The molecule has 40 heavy (non-hydrogen) atoms. The Morgan fingerprint density at radius 1 is 0.400 bits per heavy atom. The van der Waals surface area contributed by atoms with Crippen LogP contribution >= 0.6 is 0 Å². The summed E-state index contributed by atoms with van der Waals surface area (Å²) in [6, 6.07) is 15.5. The van der Waals surface area contributed by atoms with Crippen molar-refractivity contribution in [3.8, 4) is 45.6 Å². The standard InChI is InChI=1S/C24H24N16/c1-2-12-38-30-22(26-34-38)18-8-6-10-20(16-18)24-28-36-40(32-24)14-4-3-13-39-31-23(27-35-39)19-9-5-7-17(15-19)21-25-33-37(11-1)29-21/h5-10,15-16H,1-4,11-14H2. The molecule has 5 heterocycles. The minimum absolute atomic E-state index is 0.547. The Kier molecular flexibility index (Phi) is 6.23. The monoisotopic (exact) mass is 536 g/mol. The molecule has 0 amide bonds. The molecule has 1 aliphatic rings. The summed E-state index contributed by atoms with van der Waals surface area (Å²) in [4.78, 5) is 6.43. The SMILES string of the molecule is c1cc2cc(c1)-c1nnn(n1)CCCCn1nnc(n1)-c1cccc(c1)-c1nnn(n1)CCCCn1nnc-2n1. The summed E-state index contributed by atoms with van der Waals surface area (Å²) >= 11 is 0. The lowest BCUT2D eigenvalue weighted by Crippen LogP contribution is -2.07. The lowest BCUT2D eigenvalue weighted by Gasteiger charge is -2.01. The van der Waals surface area contributed by atoms with E-state index in [2.05, 4.69) is 61.6 Å². The van der Waals surface area contributed by atoms with Crippen LogP contribution in [0.5, 0.6) is 0 Å². The molecule has 16 nitrogen and oxygen atoms in total. The number of aromatic nitrogens is 16. The predicted octanol–water partition coefficient (Wildman–Crippen LogP) is 1.57. The molecule has 6 aromatic rings. The molecule has 0 saturated heterocycles. The van der Waals surface area contributed by atoms with Gasteiger partial charge in [-0.25, -0.2) is 0 Å². The molecule has 0 aliphatic carbocycles. The van der Waals surface area contributed by atoms with E-state index in [1.54, 1.807) is 19.2 Å². The van der Waals surface area contributed by atoms with E-state index < -0.39 is 0 Å². The van der Waals surface area contributed by atoms with Gasteiger partial charge in [0.05, 0.1) is 26.2 Å². The quantitative estimate of drug-likeness (QED) is 0.274. The molecule has 0 fully saturated rings. The third-order valence-electron chi connectivity index (χ3n) is 6.50. The van der Waals surface area contributed by atoms with E-state index in [9.17, 15) is 0 Å². The number of nitrogens with zero attached hydrogens (tertiary/aromatic N) is 16. The van der Waals surface area contributed by atoms with Crippen LogP contribution in [-0.4, -0.2) is 80.8 Å². The van der Waals surface area contributed by atoms with Crippen LogP contribution in [0.25, 0.3) is 45.6 Å². The average molecular weight is 537 g/mol. The maximum Gasteiger partial charge on any atom is 0.204 e. The highest BCUT2D eigenvalue weighted by Crippen LogP contribution is 2.22. The van der Waals surface area contributed by atoms with E-state index in [0.717, 1.165) is 47.9 Å². The Balaban J connectivity index is 1.14. The fourth-order valence-corrected chi connectivity index (χ4v) is 4.42. The van der Waals surface area contributed by atoms with Crippen molar-refractivity contribution >= 4 is 0 Å². The molecule has 0 unspecified atom stereocenters. The van der Waals surface area contributed by atoms with Crippen molar-refractivity contribution in [2.24, 2.45) is 0 Å². The van der Waals surface area contributed by atoms with Crippen molar-refractivity contribution in [2.75, 3.05) is 0 Å². The van der Waals surface area contributed by atoms with Gasteiger partial charge in [-0.3, -0.25) is 0 Å². The van der Waals surface area contributed by atoms with Crippen LogP contribution in [0.15, 0.2) is 48.5 Å². The largest absolute Gasteiger partial charge is 0.204 e. The Hall–Kier alpha value is -5.28. The molecule has 4 aromatic heterocycles. The van der Waals surface area contributed by atoms with E-state index in [4.69, 9.17) is 0 Å². The molecule has 1 aliphatic heterocycles. The topological polar surface area (TPSA) is 174 Å². The molecule has 0 radical (unpaired) electrons. The highest BCUT2D eigenvalue weighted by atomic mass is 15.6. The molecule has 200 valence electrons. The summed E-state index contributed by atoms with van der Waals surface area (Å²) in [5.41, 5.74) is 3.35. The maximum absolute atomic E-state index is 4.55. The number of fused-ring (bicyclic) bond motifs is 16. The minimum Gasteiger partial charge on any atom is -0.164 e. The van der Waals surface area contributed by atoms with Gasteiger partial charge in [-0.1, -0.05) is 36.4 Å². The van der Waals surface area contributed by atoms with Crippen LogP contribution in [0.3, 0.4) is 0 Å². The van der Waals surface area contributed by atoms with Gasteiger partial charge in [-0.2, -0.15) is 19.2 Å². The van der Waals surface area contributed by atoms with Crippen molar-refractivity contribution in [1.29, 1.82) is 0 Å². The van der Waals surface area contributed by atoms with Gasteiger partial charge in [0.25, 0.3) is 0 Å². The van der Waals surface area contributed by atoms with E-state index in [1.165, 1.54) is 0 Å². The van der Waals surface area contributed by atoms with Crippen LogP contribution in [0, 0.1) is 0 Å². The first-order valence-electron chi connectivity index (χ1n) is 13.1. The van der Waals surface area contributed by atoms with Crippen molar-refractivity contribution < 1.29 is 0 Å². The second-order valence-corrected chi connectivity index (χ2v) is 9.41. The molecule has 0 saturated carbocycles. The summed E-state index contributed by atoms with van der Waals surface area (Å²) < 4.78 is 0. The number of tetrazole rings is 4. The van der Waals surface area contributed by atoms with E-state index in [0.29, 0.717) is 49.5 Å². The molecule has 0 atom stereocenters.